The van der Waals surface area contributed by atoms with E-state index in [0.717, 1.165) is 33.5 Å². The number of hydrogen-bond donors (Lipinski definition) is 8. The van der Waals surface area contributed by atoms with Gasteiger partial charge in [-0.2, -0.15) is 4.98 Å². The third-order valence-electron chi connectivity index (χ3n) is 9.26. The number of nitrogens with zero attached hydrogens (tertiary/aromatic N) is 3. The van der Waals surface area contributed by atoms with E-state index < -0.39 is 131 Å². The van der Waals surface area contributed by atoms with Crippen LogP contribution >= 0.6 is 15.6 Å². The number of aliphatic hydroxyl groups excluding tert-OH is 3. The molecule has 4 unspecified atom stereocenters. The molecule has 3 fully saturated rings. The number of imide groups is 1. The summed E-state index contributed by atoms with van der Waals surface area (Å²) in [6.45, 7) is -0.228. The Morgan fingerprint density at radius 2 is 1.57 bits per heavy atom. The van der Waals surface area contributed by atoms with E-state index in [-0.39, 0.29) is 18.7 Å². The van der Waals surface area contributed by atoms with Gasteiger partial charge in [0.15, 0.2) is 6.23 Å². The average Bonchev–Trinajstić information content (AvgIpc) is 3.75. The van der Waals surface area contributed by atoms with Gasteiger partial charge in [0, 0.05) is 31.0 Å². The minimum absolute atomic E-state index is 0.135. The zero-order chi connectivity index (χ0) is 40.7. The van der Waals surface area contributed by atoms with Crippen LogP contribution in [0.15, 0.2) is 51.1 Å². The Hall–Kier alpha value is -3.78. The van der Waals surface area contributed by atoms with Crippen molar-refractivity contribution in [3.8, 4) is 0 Å². The van der Waals surface area contributed by atoms with Crippen LogP contribution in [0.1, 0.15) is 32.2 Å². The lowest BCUT2D eigenvalue weighted by molar-refractivity contribution is -0.135. The Balaban J connectivity index is 1.14. The zero-order valence-electron chi connectivity index (χ0n) is 29.0. The molecular weight excluding hydrogens is 798 g/mol. The zero-order valence-corrected chi connectivity index (χ0v) is 30.8. The maximum absolute atomic E-state index is 13.2. The number of phosphoric acid groups is 2. The standard InChI is InChI=1S/C29H38N6O19P2/c1-2-13-14(9-20(50-13)34-8-6-19(37)33-29(34)43)53-55(44,45)49-11-16-25(23(40)27(52-16)35-7-5-17(30)31-28(35)42)54-56(46,47)48-10-15-21(38)22(39)24(51-15)12-3-4-18(36)32-26(12)41/h3-8,12-16,20-25,27,38-40H,2,9-11H2,1H3,(H,44,45)(H,46,47)(H2,30,31,42)(H,32,36,41)(H,33,37,43)/t12?,13-,14+,15-,16-,20?,21-,22-,23-,24+,25-,27-/m1/s1. The Labute approximate surface area is 313 Å². The van der Waals surface area contributed by atoms with E-state index in [4.69, 9.17) is 38.0 Å². The molecule has 3 saturated heterocycles. The van der Waals surface area contributed by atoms with Gasteiger partial charge >= 0.3 is 27.0 Å². The lowest BCUT2D eigenvalue weighted by Crippen LogP contribution is -2.46. The first-order valence-corrected chi connectivity index (χ1v) is 19.9. The number of nitrogen functional groups attached to an aromatic ring is 1. The summed E-state index contributed by atoms with van der Waals surface area (Å²) in [7, 11) is -10.4. The van der Waals surface area contributed by atoms with E-state index in [0.29, 0.717) is 0 Å². The maximum Gasteiger partial charge on any atom is 0.472 e. The van der Waals surface area contributed by atoms with E-state index in [9.17, 15) is 58.2 Å². The van der Waals surface area contributed by atoms with Crippen molar-refractivity contribution in [2.24, 2.45) is 5.92 Å². The number of nitrogens with one attached hydrogen (secondary N) is 2. The molecule has 308 valence electrons. The summed E-state index contributed by atoms with van der Waals surface area (Å²) in [6, 6.07) is 2.26. The molecular formula is C29H38N6O19P2. The highest BCUT2D eigenvalue weighted by atomic mass is 31.2. The second kappa shape index (κ2) is 16.6. The first-order chi connectivity index (χ1) is 26.4. The van der Waals surface area contributed by atoms with Crippen LogP contribution in [0.2, 0.25) is 0 Å². The number of phosphoric ester groups is 2. The minimum atomic E-state index is -5.33. The van der Waals surface area contributed by atoms with Crippen molar-refractivity contribution < 1.29 is 76.1 Å². The van der Waals surface area contributed by atoms with Crippen molar-refractivity contribution in [2.45, 2.75) is 87.2 Å². The van der Waals surface area contributed by atoms with Crippen LogP contribution in [0, 0.1) is 5.92 Å². The van der Waals surface area contributed by atoms with Crippen LogP contribution in [-0.4, -0.2) is 124 Å². The van der Waals surface area contributed by atoms with Gasteiger partial charge in [-0.05, 0) is 12.5 Å². The number of H-pyrrole nitrogens is 1. The summed E-state index contributed by atoms with van der Waals surface area (Å²) < 4.78 is 66.0. The van der Waals surface area contributed by atoms with Crippen LogP contribution in [0.25, 0.3) is 0 Å². The number of amides is 2. The molecule has 14 atom stereocenters. The molecule has 0 saturated carbocycles. The Morgan fingerprint density at radius 1 is 0.893 bits per heavy atom. The summed E-state index contributed by atoms with van der Waals surface area (Å²) in [5, 5.41) is 34.3. The van der Waals surface area contributed by atoms with Crippen LogP contribution in [0.5, 0.6) is 0 Å². The number of nitrogens with two attached hydrogens (primary N) is 1. The summed E-state index contributed by atoms with van der Waals surface area (Å²) in [6.07, 6.45) is -12.1. The van der Waals surface area contributed by atoms with Gasteiger partial charge in [0.2, 0.25) is 11.8 Å². The fraction of sp³-hybridized carbons (Fsp3) is 0.586. The molecule has 9 N–H and O–H groups in total. The molecule has 2 aromatic rings. The molecule has 0 radical (unpaired) electrons. The molecule has 2 aromatic heterocycles. The van der Waals surface area contributed by atoms with Crippen molar-refractivity contribution in [1.82, 2.24) is 24.4 Å². The molecule has 0 spiro atoms. The first-order valence-electron chi connectivity index (χ1n) is 16.9. The molecule has 27 heteroatoms. The molecule has 0 bridgehead atoms. The van der Waals surface area contributed by atoms with Gasteiger partial charge in [-0.1, -0.05) is 13.0 Å². The number of carbonyl (C=O) groups is 2. The second-order valence-electron chi connectivity index (χ2n) is 13.0. The van der Waals surface area contributed by atoms with Gasteiger partial charge in [0.1, 0.15) is 54.8 Å². The number of aromatic amines is 1. The molecule has 0 aliphatic carbocycles. The van der Waals surface area contributed by atoms with E-state index >= 15 is 0 Å². The molecule has 4 aliphatic heterocycles. The van der Waals surface area contributed by atoms with Gasteiger partial charge in [0.05, 0.1) is 31.3 Å². The van der Waals surface area contributed by atoms with Crippen LogP contribution in [0.3, 0.4) is 0 Å². The fourth-order valence-corrected chi connectivity index (χ4v) is 8.47. The van der Waals surface area contributed by atoms with Crippen molar-refractivity contribution in [3.05, 3.63) is 68.0 Å². The summed E-state index contributed by atoms with van der Waals surface area (Å²) in [5.74, 6) is -2.94. The number of carbonyl (C=O) groups excluding carboxylic acids is 2. The molecule has 0 aromatic carbocycles. The summed E-state index contributed by atoms with van der Waals surface area (Å²) in [4.78, 5) is 87.1. The maximum atomic E-state index is 13.2. The highest BCUT2D eigenvalue weighted by Crippen LogP contribution is 2.52. The van der Waals surface area contributed by atoms with Gasteiger partial charge in [-0.25, -0.2) is 18.7 Å². The van der Waals surface area contributed by atoms with E-state index in [1.165, 1.54) is 12.3 Å². The normalized spacial score (nSPS) is 35.3. The van der Waals surface area contributed by atoms with Gasteiger partial charge in [0.25, 0.3) is 5.56 Å². The van der Waals surface area contributed by atoms with Crippen molar-refractivity contribution >= 4 is 33.3 Å². The lowest BCUT2D eigenvalue weighted by Gasteiger charge is -2.25. The van der Waals surface area contributed by atoms with Crippen LogP contribution in [0.4, 0.5) is 5.82 Å². The fourth-order valence-electron chi connectivity index (χ4n) is 6.55. The second-order valence-corrected chi connectivity index (χ2v) is 15.8. The SMILES string of the molecule is CC[C@H]1OC(n2ccc(=O)[nH]c2=O)C[C@@H]1OP(=O)(O)OC[C@H]1O[C@@H](n2ccc(N)nc2=O)[C@H](O)[C@@H]1OP(=O)(O)OC[C@H]1O[C@@H](C2C=CC(=O)NC2=O)[C@H](O)[C@@H]1O. The predicted molar refractivity (Wildman–Crippen MR) is 181 cm³/mol. The number of rotatable bonds is 14. The molecule has 56 heavy (non-hydrogen) atoms. The summed E-state index contributed by atoms with van der Waals surface area (Å²) in [5.41, 5.74) is 3.08. The van der Waals surface area contributed by atoms with E-state index in [2.05, 4.69) is 9.97 Å². The molecule has 25 nitrogen and oxygen atoms in total. The van der Waals surface area contributed by atoms with Gasteiger partial charge in [-0.3, -0.25) is 51.9 Å². The third-order valence-corrected chi connectivity index (χ3v) is 11.3. The highest BCUT2D eigenvalue weighted by molar-refractivity contribution is 7.47. The topological polar surface area (TPSA) is 362 Å². The average molecular weight is 837 g/mol. The van der Waals surface area contributed by atoms with Gasteiger partial charge in [-0.15, -0.1) is 0 Å². The largest absolute Gasteiger partial charge is 0.472 e. The number of hydrogen-bond acceptors (Lipinski definition) is 19. The number of anilines is 1. The number of aromatic nitrogens is 4. The smallest absolute Gasteiger partial charge is 0.388 e. The van der Waals surface area contributed by atoms with Gasteiger partial charge < -0.3 is 45.1 Å². The minimum Gasteiger partial charge on any atom is -0.388 e. The number of aliphatic hydroxyl groups is 3. The third kappa shape index (κ3) is 9.16. The van der Waals surface area contributed by atoms with E-state index in [1.54, 1.807) is 6.92 Å². The van der Waals surface area contributed by atoms with Crippen LogP contribution < -0.4 is 28.0 Å². The predicted octanol–water partition coefficient (Wildman–Crippen LogP) is -3.35. The van der Waals surface area contributed by atoms with E-state index in [1.807, 2.05) is 5.32 Å². The monoisotopic (exact) mass is 836 g/mol. The van der Waals surface area contributed by atoms with Crippen LogP contribution in [-0.2, 0) is 51.0 Å². The molecule has 4 aliphatic rings. The Morgan fingerprint density at radius 3 is 2.23 bits per heavy atom. The van der Waals surface area contributed by atoms with Crippen molar-refractivity contribution in [2.75, 3.05) is 18.9 Å². The summed E-state index contributed by atoms with van der Waals surface area (Å²) >= 11 is 0. The quantitative estimate of drug-likeness (QED) is 0.0681. The first kappa shape index (κ1) is 41.8. The molecule has 2 amide bonds. The molecule has 6 heterocycles. The van der Waals surface area contributed by atoms with Crippen molar-refractivity contribution in [3.63, 3.8) is 0 Å². The molecule has 6 rings (SSSR count). The Bertz CT molecular complexity index is 2110. The number of ether oxygens (including phenoxy) is 3. The highest BCUT2D eigenvalue weighted by Gasteiger charge is 2.52. The lowest BCUT2D eigenvalue weighted by atomic mass is 9.93. The van der Waals surface area contributed by atoms with Crippen molar-refractivity contribution in [1.29, 1.82) is 0 Å². The Kier molecular flexibility index (Phi) is 12.4.